The van der Waals surface area contributed by atoms with E-state index in [-0.39, 0.29) is 11.9 Å². The highest BCUT2D eigenvalue weighted by Gasteiger charge is 2.15. The number of halogens is 1. The molecule has 0 heterocycles. The summed E-state index contributed by atoms with van der Waals surface area (Å²) in [4.78, 5) is 2.45. The lowest BCUT2D eigenvalue weighted by Crippen LogP contribution is -2.30. The average molecular weight is 280 g/mol. The van der Waals surface area contributed by atoms with E-state index in [0.29, 0.717) is 0 Å². The van der Waals surface area contributed by atoms with Gasteiger partial charge in [-0.1, -0.05) is 45.4 Å². The molecule has 1 aromatic rings. The van der Waals surface area contributed by atoms with Crippen molar-refractivity contribution < 1.29 is 4.39 Å². The van der Waals surface area contributed by atoms with Crippen molar-refractivity contribution in [3.8, 4) is 0 Å². The fourth-order valence-corrected chi connectivity index (χ4v) is 2.49. The van der Waals surface area contributed by atoms with Gasteiger partial charge >= 0.3 is 0 Å². The Bertz CT molecular complexity index is 368. The van der Waals surface area contributed by atoms with E-state index >= 15 is 0 Å². The van der Waals surface area contributed by atoms with E-state index in [4.69, 9.17) is 0 Å². The molecule has 2 nitrogen and oxygen atoms in total. The van der Waals surface area contributed by atoms with Crippen LogP contribution >= 0.6 is 0 Å². The lowest BCUT2D eigenvalue weighted by molar-refractivity contribution is 0.264. The summed E-state index contributed by atoms with van der Waals surface area (Å²) in [5.74, 6) is -0.102. The summed E-state index contributed by atoms with van der Waals surface area (Å²) >= 11 is 0. The first kappa shape index (κ1) is 17.1. The second-order valence-electron chi connectivity index (χ2n) is 5.21. The average Bonchev–Trinajstić information content (AvgIpc) is 2.47. The van der Waals surface area contributed by atoms with E-state index in [1.165, 1.54) is 12.8 Å². The smallest absolute Gasteiger partial charge is 0.127 e. The molecule has 0 radical (unpaired) electrons. The second-order valence-corrected chi connectivity index (χ2v) is 5.21. The molecule has 0 aliphatic rings. The normalized spacial score (nSPS) is 12.8. The number of unbranched alkanes of at least 4 members (excludes halogenated alkanes) is 1. The zero-order chi connectivity index (χ0) is 14.8. The van der Waals surface area contributed by atoms with Crippen LogP contribution in [0.15, 0.2) is 24.3 Å². The molecule has 0 aliphatic carbocycles. The van der Waals surface area contributed by atoms with Gasteiger partial charge in [0.1, 0.15) is 5.82 Å². The second kappa shape index (κ2) is 9.89. The molecule has 1 aromatic carbocycles. The summed E-state index contributed by atoms with van der Waals surface area (Å²) in [6, 6.07) is 7.22. The molecule has 20 heavy (non-hydrogen) atoms. The monoisotopic (exact) mass is 280 g/mol. The van der Waals surface area contributed by atoms with Gasteiger partial charge in [0.15, 0.2) is 0 Å². The Hall–Kier alpha value is -0.930. The van der Waals surface area contributed by atoms with E-state index in [2.05, 4.69) is 31.0 Å². The first-order valence-corrected chi connectivity index (χ1v) is 7.93. The molecular formula is C17H29FN2. The Kier molecular flexibility index (Phi) is 8.47. The van der Waals surface area contributed by atoms with Crippen molar-refractivity contribution in [2.45, 2.75) is 46.1 Å². The molecule has 0 amide bonds. The van der Waals surface area contributed by atoms with Gasteiger partial charge in [-0.3, -0.25) is 0 Å². The molecule has 1 rings (SSSR count). The van der Waals surface area contributed by atoms with Crippen LogP contribution in [0.25, 0.3) is 0 Å². The Morgan fingerprint density at radius 1 is 1.15 bits per heavy atom. The number of hydrogen-bond donors (Lipinski definition) is 1. The van der Waals surface area contributed by atoms with Gasteiger partial charge in [-0.2, -0.15) is 0 Å². The van der Waals surface area contributed by atoms with Crippen molar-refractivity contribution in [2.75, 3.05) is 26.2 Å². The van der Waals surface area contributed by atoms with Crippen molar-refractivity contribution in [3.63, 3.8) is 0 Å². The van der Waals surface area contributed by atoms with Gasteiger partial charge in [0, 0.05) is 11.6 Å². The molecule has 1 unspecified atom stereocenters. The van der Waals surface area contributed by atoms with Gasteiger partial charge < -0.3 is 10.2 Å². The number of hydrogen-bond acceptors (Lipinski definition) is 2. The molecule has 114 valence electrons. The van der Waals surface area contributed by atoms with Gasteiger partial charge in [0.05, 0.1) is 0 Å². The van der Waals surface area contributed by atoms with E-state index in [1.807, 2.05) is 12.1 Å². The lowest BCUT2D eigenvalue weighted by atomic mass is 10.0. The highest BCUT2D eigenvalue weighted by atomic mass is 19.1. The summed E-state index contributed by atoms with van der Waals surface area (Å²) in [6.07, 6.45) is 3.41. The number of nitrogens with zero attached hydrogens (tertiary/aromatic N) is 1. The fraction of sp³-hybridized carbons (Fsp3) is 0.647. The number of benzene rings is 1. The maximum absolute atomic E-state index is 13.9. The van der Waals surface area contributed by atoms with Crippen LogP contribution in [0, 0.1) is 5.82 Å². The molecule has 0 spiro atoms. The first-order chi connectivity index (χ1) is 9.72. The number of nitrogens with one attached hydrogen (secondary N) is 1. The van der Waals surface area contributed by atoms with Crippen LogP contribution < -0.4 is 5.32 Å². The van der Waals surface area contributed by atoms with E-state index in [1.54, 1.807) is 12.1 Å². The lowest BCUT2D eigenvalue weighted by Gasteiger charge is -2.25. The van der Waals surface area contributed by atoms with Gasteiger partial charge in [0.2, 0.25) is 0 Å². The van der Waals surface area contributed by atoms with Crippen LogP contribution in [0.2, 0.25) is 0 Å². The van der Waals surface area contributed by atoms with Crippen molar-refractivity contribution in [3.05, 3.63) is 35.6 Å². The largest absolute Gasteiger partial charge is 0.310 e. The molecule has 0 saturated heterocycles. The summed E-state index contributed by atoms with van der Waals surface area (Å²) in [5.41, 5.74) is 0.792. The zero-order valence-electron chi connectivity index (χ0n) is 13.2. The van der Waals surface area contributed by atoms with Crippen LogP contribution in [-0.4, -0.2) is 31.1 Å². The molecule has 0 aromatic heterocycles. The Morgan fingerprint density at radius 3 is 2.50 bits per heavy atom. The van der Waals surface area contributed by atoms with E-state index in [0.717, 1.165) is 38.2 Å². The molecule has 1 N–H and O–H groups in total. The Balaban J connectivity index is 2.61. The molecule has 1 atom stereocenters. The van der Waals surface area contributed by atoms with Crippen LogP contribution in [0.5, 0.6) is 0 Å². The Morgan fingerprint density at radius 2 is 1.90 bits per heavy atom. The fourth-order valence-electron chi connectivity index (χ4n) is 2.49. The molecule has 3 heteroatoms. The van der Waals surface area contributed by atoms with Crippen molar-refractivity contribution in [1.82, 2.24) is 10.2 Å². The highest BCUT2D eigenvalue weighted by Crippen LogP contribution is 2.20. The minimum atomic E-state index is -0.102. The predicted molar refractivity (Wildman–Crippen MR) is 84.5 cm³/mol. The molecule has 0 aliphatic heterocycles. The maximum Gasteiger partial charge on any atom is 0.127 e. The van der Waals surface area contributed by atoms with Gasteiger partial charge in [-0.25, -0.2) is 4.39 Å². The third kappa shape index (κ3) is 5.59. The van der Waals surface area contributed by atoms with E-state index in [9.17, 15) is 4.39 Å². The summed E-state index contributed by atoms with van der Waals surface area (Å²) in [5, 5.41) is 3.41. The highest BCUT2D eigenvalue weighted by molar-refractivity contribution is 5.21. The zero-order valence-corrected chi connectivity index (χ0v) is 13.2. The summed E-state index contributed by atoms with van der Waals surface area (Å²) < 4.78 is 13.9. The minimum absolute atomic E-state index is 0.102. The van der Waals surface area contributed by atoms with Crippen molar-refractivity contribution in [1.29, 1.82) is 0 Å². The van der Waals surface area contributed by atoms with Gasteiger partial charge in [-0.15, -0.1) is 0 Å². The van der Waals surface area contributed by atoms with Crippen LogP contribution in [0.4, 0.5) is 4.39 Å². The molecule has 0 saturated carbocycles. The molecular weight excluding hydrogens is 251 g/mol. The van der Waals surface area contributed by atoms with Crippen LogP contribution in [0.3, 0.4) is 0 Å². The van der Waals surface area contributed by atoms with Gasteiger partial charge in [0.25, 0.3) is 0 Å². The number of rotatable bonds is 10. The predicted octanol–water partition coefficient (Wildman–Crippen LogP) is 3.99. The standard InChI is InChI=1S/C17H29FN2/c1-4-7-13-20(6-3)14-12-17(19-5-2)15-10-8-9-11-16(15)18/h8-11,17,19H,4-7,12-14H2,1-3H3. The SMILES string of the molecule is CCCCN(CC)CCC(NCC)c1ccccc1F. The quantitative estimate of drug-likeness (QED) is 0.697. The van der Waals surface area contributed by atoms with Crippen molar-refractivity contribution >= 4 is 0 Å². The first-order valence-electron chi connectivity index (χ1n) is 7.93. The maximum atomic E-state index is 13.9. The van der Waals surface area contributed by atoms with Crippen LogP contribution in [-0.2, 0) is 0 Å². The van der Waals surface area contributed by atoms with Crippen LogP contribution in [0.1, 0.15) is 51.6 Å². The van der Waals surface area contributed by atoms with E-state index < -0.39 is 0 Å². The summed E-state index contributed by atoms with van der Waals surface area (Å²) in [6.45, 7) is 10.6. The van der Waals surface area contributed by atoms with Gasteiger partial charge in [-0.05, 0) is 45.1 Å². The summed E-state index contributed by atoms with van der Waals surface area (Å²) in [7, 11) is 0. The third-order valence-corrected chi connectivity index (χ3v) is 3.74. The topological polar surface area (TPSA) is 15.3 Å². The van der Waals surface area contributed by atoms with Crippen molar-refractivity contribution in [2.24, 2.45) is 0 Å². The Labute approximate surface area is 123 Å². The minimum Gasteiger partial charge on any atom is -0.310 e. The molecule has 0 fully saturated rings. The third-order valence-electron chi connectivity index (χ3n) is 3.74. The molecule has 0 bridgehead atoms.